The van der Waals surface area contributed by atoms with Crippen LogP contribution in [-0.4, -0.2) is 10.8 Å². The first-order valence-corrected chi connectivity index (χ1v) is 7.54. The number of thiophene rings is 1. The standard InChI is InChI=1S/C13H18N2O3S/c1-2-3-6-10-13(15(17)18)12-9(19-10)7-4-5-8-11(16)14-12/h2-8H2,1H3,(H,14,16). The largest absolute Gasteiger partial charge is 0.319 e. The smallest absolute Gasteiger partial charge is 0.306 e. The van der Waals surface area contributed by atoms with E-state index in [1.54, 1.807) is 0 Å². The lowest BCUT2D eigenvalue weighted by Gasteiger charge is -2.09. The van der Waals surface area contributed by atoms with Gasteiger partial charge in [0.2, 0.25) is 5.91 Å². The number of amides is 1. The molecule has 1 aromatic rings. The van der Waals surface area contributed by atoms with E-state index in [1.165, 1.54) is 11.3 Å². The molecule has 19 heavy (non-hydrogen) atoms. The third kappa shape index (κ3) is 3.12. The van der Waals surface area contributed by atoms with Crippen molar-refractivity contribution in [2.75, 3.05) is 5.32 Å². The minimum absolute atomic E-state index is 0.108. The fourth-order valence-corrected chi connectivity index (χ4v) is 3.61. The number of rotatable bonds is 4. The Labute approximate surface area is 116 Å². The molecule has 0 saturated carbocycles. The van der Waals surface area contributed by atoms with Crippen molar-refractivity contribution >= 4 is 28.6 Å². The highest BCUT2D eigenvalue weighted by Crippen LogP contribution is 2.42. The van der Waals surface area contributed by atoms with Crippen LogP contribution in [0.1, 0.15) is 48.8 Å². The quantitative estimate of drug-likeness (QED) is 0.676. The van der Waals surface area contributed by atoms with Crippen molar-refractivity contribution in [2.45, 2.75) is 51.9 Å². The van der Waals surface area contributed by atoms with E-state index >= 15 is 0 Å². The zero-order chi connectivity index (χ0) is 13.8. The average molecular weight is 282 g/mol. The lowest BCUT2D eigenvalue weighted by atomic mass is 10.1. The van der Waals surface area contributed by atoms with E-state index in [1.807, 2.05) is 0 Å². The van der Waals surface area contributed by atoms with Crippen LogP contribution in [0.5, 0.6) is 0 Å². The Kier molecular flexibility index (Phi) is 4.52. The van der Waals surface area contributed by atoms with Gasteiger partial charge >= 0.3 is 5.69 Å². The Bertz CT molecular complexity index is 496. The van der Waals surface area contributed by atoms with Crippen LogP contribution in [0.4, 0.5) is 11.4 Å². The summed E-state index contributed by atoms with van der Waals surface area (Å²) in [5.74, 6) is -0.108. The molecule has 0 saturated heterocycles. The molecule has 0 unspecified atom stereocenters. The third-order valence-electron chi connectivity index (χ3n) is 3.29. The van der Waals surface area contributed by atoms with E-state index in [0.29, 0.717) is 12.1 Å². The van der Waals surface area contributed by atoms with Gasteiger partial charge in [-0.1, -0.05) is 13.3 Å². The van der Waals surface area contributed by atoms with Crippen LogP contribution >= 0.6 is 11.3 Å². The summed E-state index contributed by atoms with van der Waals surface area (Å²) in [6.07, 6.45) is 5.72. The fourth-order valence-electron chi connectivity index (χ4n) is 2.30. The Balaban J connectivity index is 2.41. The highest BCUT2D eigenvalue weighted by molar-refractivity contribution is 7.13. The molecule has 0 radical (unpaired) electrons. The Morgan fingerprint density at radius 1 is 1.37 bits per heavy atom. The summed E-state index contributed by atoms with van der Waals surface area (Å²) in [6.45, 7) is 2.07. The monoisotopic (exact) mass is 282 g/mol. The van der Waals surface area contributed by atoms with Gasteiger partial charge in [-0.2, -0.15) is 0 Å². The number of fused-ring (bicyclic) bond motifs is 1. The fraction of sp³-hybridized carbons (Fsp3) is 0.615. The highest BCUT2D eigenvalue weighted by atomic mass is 32.1. The summed E-state index contributed by atoms with van der Waals surface area (Å²) >= 11 is 1.50. The average Bonchev–Trinajstić information content (AvgIpc) is 2.67. The van der Waals surface area contributed by atoms with Crippen molar-refractivity contribution in [3.8, 4) is 0 Å². The van der Waals surface area contributed by atoms with Gasteiger partial charge in [0.25, 0.3) is 0 Å². The number of nitrogens with zero attached hydrogens (tertiary/aromatic N) is 1. The van der Waals surface area contributed by atoms with Gasteiger partial charge in [0.05, 0.1) is 9.80 Å². The van der Waals surface area contributed by atoms with Gasteiger partial charge in [-0.05, 0) is 32.1 Å². The summed E-state index contributed by atoms with van der Waals surface area (Å²) in [6, 6.07) is 0. The number of nitro groups is 1. The molecule has 1 N–H and O–H groups in total. The Hall–Kier alpha value is -1.43. The number of hydrogen-bond acceptors (Lipinski definition) is 4. The maximum atomic E-state index is 11.7. The van der Waals surface area contributed by atoms with E-state index < -0.39 is 0 Å². The first-order chi connectivity index (χ1) is 9.13. The summed E-state index contributed by atoms with van der Waals surface area (Å²) in [5.41, 5.74) is 0.592. The van der Waals surface area contributed by atoms with Crippen LogP contribution < -0.4 is 5.32 Å². The van der Waals surface area contributed by atoms with Crippen molar-refractivity contribution in [3.05, 3.63) is 19.9 Å². The molecule has 0 fully saturated rings. The zero-order valence-electron chi connectivity index (χ0n) is 11.0. The molecule has 1 aliphatic heterocycles. The van der Waals surface area contributed by atoms with Crippen LogP contribution in [0.3, 0.4) is 0 Å². The highest BCUT2D eigenvalue weighted by Gasteiger charge is 2.28. The number of anilines is 1. The number of nitrogens with one attached hydrogen (secondary N) is 1. The molecular weight excluding hydrogens is 264 g/mol. The van der Waals surface area contributed by atoms with E-state index in [9.17, 15) is 14.9 Å². The first-order valence-electron chi connectivity index (χ1n) is 6.72. The SMILES string of the molecule is CCCCc1sc2c(c1[N+](=O)[O-])NC(=O)CCCC2. The van der Waals surface area contributed by atoms with Gasteiger partial charge in [-0.15, -0.1) is 11.3 Å². The molecule has 104 valence electrons. The maximum absolute atomic E-state index is 11.7. The van der Waals surface area contributed by atoms with E-state index in [0.717, 1.165) is 48.3 Å². The van der Waals surface area contributed by atoms with Crippen LogP contribution in [0, 0.1) is 10.1 Å². The minimum Gasteiger partial charge on any atom is -0.319 e. The van der Waals surface area contributed by atoms with E-state index in [4.69, 9.17) is 0 Å². The molecule has 0 atom stereocenters. The van der Waals surface area contributed by atoms with Gasteiger partial charge in [0.1, 0.15) is 5.69 Å². The van der Waals surface area contributed by atoms with Gasteiger partial charge < -0.3 is 5.32 Å². The van der Waals surface area contributed by atoms with Crippen molar-refractivity contribution in [2.24, 2.45) is 0 Å². The van der Waals surface area contributed by atoms with Crippen molar-refractivity contribution in [3.63, 3.8) is 0 Å². The second-order valence-corrected chi connectivity index (χ2v) is 5.98. The van der Waals surface area contributed by atoms with Crippen LogP contribution in [-0.2, 0) is 17.6 Å². The minimum atomic E-state index is -0.345. The van der Waals surface area contributed by atoms with Crippen LogP contribution in [0.25, 0.3) is 0 Å². The molecule has 1 aliphatic rings. The molecule has 5 nitrogen and oxygen atoms in total. The molecule has 0 aromatic carbocycles. The summed E-state index contributed by atoms with van der Waals surface area (Å²) in [5, 5.41) is 14.0. The number of unbranched alkanes of at least 4 members (excludes halogenated alkanes) is 1. The molecule has 0 bridgehead atoms. The van der Waals surface area contributed by atoms with Crippen molar-refractivity contribution in [1.29, 1.82) is 0 Å². The van der Waals surface area contributed by atoms with Gasteiger partial charge in [-0.3, -0.25) is 14.9 Å². The van der Waals surface area contributed by atoms with Crippen LogP contribution in [0.2, 0.25) is 0 Å². The number of carbonyl (C=O) groups is 1. The molecular formula is C13H18N2O3S. The lowest BCUT2D eigenvalue weighted by molar-refractivity contribution is -0.384. The predicted octanol–water partition coefficient (Wildman–Crippen LogP) is 3.66. The number of hydrogen-bond donors (Lipinski definition) is 1. The van der Waals surface area contributed by atoms with Gasteiger partial charge in [-0.25, -0.2) is 0 Å². The zero-order valence-corrected chi connectivity index (χ0v) is 11.8. The molecule has 0 aliphatic carbocycles. The van der Waals surface area contributed by atoms with Gasteiger partial charge in [0.15, 0.2) is 0 Å². The molecule has 6 heteroatoms. The topological polar surface area (TPSA) is 72.2 Å². The molecule has 0 spiro atoms. The molecule has 1 aromatic heterocycles. The van der Waals surface area contributed by atoms with Crippen LogP contribution in [0.15, 0.2) is 0 Å². The lowest BCUT2D eigenvalue weighted by Crippen LogP contribution is -2.15. The third-order valence-corrected chi connectivity index (χ3v) is 4.59. The maximum Gasteiger partial charge on any atom is 0.306 e. The first kappa shape index (κ1) is 14.0. The number of carbonyl (C=O) groups excluding carboxylic acids is 1. The molecule has 2 heterocycles. The second-order valence-electron chi connectivity index (χ2n) is 4.79. The normalized spacial score (nSPS) is 15.3. The van der Waals surface area contributed by atoms with E-state index in [-0.39, 0.29) is 16.5 Å². The van der Waals surface area contributed by atoms with E-state index in [2.05, 4.69) is 12.2 Å². The van der Waals surface area contributed by atoms with Crippen molar-refractivity contribution in [1.82, 2.24) is 0 Å². The number of aryl methyl sites for hydroxylation is 2. The summed E-state index contributed by atoms with van der Waals surface area (Å²) in [4.78, 5) is 24.4. The Morgan fingerprint density at radius 3 is 2.79 bits per heavy atom. The summed E-state index contributed by atoms with van der Waals surface area (Å²) < 4.78 is 0. The summed E-state index contributed by atoms with van der Waals surface area (Å²) in [7, 11) is 0. The second kappa shape index (κ2) is 6.14. The Morgan fingerprint density at radius 2 is 2.11 bits per heavy atom. The van der Waals surface area contributed by atoms with Gasteiger partial charge in [0, 0.05) is 11.3 Å². The predicted molar refractivity (Wildman–Crippen MR) is 75.8 cm³/mol. The molecule has 1 amide bonds. The van der Waals surface area contributed by atoms with Crippen molar-refractivity contribution < 1.29 is 9.72 Å². The molecule has 2 rings (SSSR count).